The van der Waals surface area contributed by atoms with Crippen molar-refractivity contribution < 1.29 is 4.79 Å². The molecule has 0 saturated carbocycles. The smallest absolute Gasteiger partial charge is 0.240 e. The van der Waals surface area contributed by atoms with E-state index in [0.717, 1.165) is 22.4 Å². The van der Waals surface area contributed by atoms with Gasteiger partial charge in [-0.25, -0.2) is 9.97 Å². The van der Waals surface area contributed by atoms with E-state index in [0.29, 0.717) is 22.1 Å². The zero-order chi connectivity index (χ0) is 24.8. The predicted octanol–water partition coefficient (Wildman–Crippen LogP) is 5.68. The highest BCUT2D eigenvalue weighted by molar-refractivity contribution is 7.11. The topological polar surface area (TPSA) is 127 Å². The van der Waals surface area contributed by atoms with Crippen LogP contribution in [0.25, 0.3) is 6.08 Å². The number of anilines is 4. The molecular formula is C26H19N7OS. The summed E-state index contributed by atoms with van der Waals surface area (Å²) in [5.41, 5.74) is 5.07. The predicted molar refractivity (Wildman–Crippen MR) is 136 cm³/mol. The molecule has 2 heterocycles. The van der Waals surface area contributed by atoms with Crippen LogP contribution in [0.15, 0.2) is 60.1 Å². The Morgan fingerprint density at radius 2 is 1.77 bits per heavy atom. The van der Waals surface area contributed by atoms with Gasteiger partial charge >= 0.3 is 0 Å². The molecule has 0 aliphatic heterocycles. The minimum absolute atomic E-state index is 0.192. The third-order valence-corrected chi connectivity index (χ3v) is 5.79. The van der Waals surface area contributed by atoms with E-state index in [1.165, 1.54) is 17.4 Å². The first kappa shape index (κ1) is 23.3. The van der Waals surface area contributed by atoms with E-state index in [4.69, 9.17) is 10.5 Å². The number of carbonyl (C=O) groups excluding carboxylic acids is 1. The second kappa shape index (κ2) is 10.4. The quantitative estimate of drug-likeness (QED) is 0.257. The van der Waals surface area contributed by atoms with E-state index >= 15 is 0 Å². The van der Waals surface area contributed by atoms with E-state index in [-0.39, 0.29) is 17.4 Å². The Bertz CT molecular complexity index is 1470. The summed E-state index contributed by atoms with van der Waals surface area (Å²) in [5, 5.41) is 26.3. The van der Waals surface area contributed by atoms with E-state index < -0.39 is 0 Å². The fourth-order valence-electron chi connectivity index (χ4n) is 3.44. The average Bonchev–Trinajstić information content (AvgIpc) is 3.40. The molecular weight excluding hydrogens is 458 g/mol. The highest BCUT2D eigenvalue weighted by atomic mass is 32.1. The van der Waals surface area contributed by atoms with Crippen LogP contribution in [-0.2, 0) is 0 Å². The number of ketones is 1. The summed E-state index contributed by atoms with van der Waals surface area (Å²) in [6.45, 7) is 3.91. The number of aryl methyl sites for hydroxylation is 2. The zero-order valence-electron chi connectivity index (χ0n) is 18.9. The molecule has 4 aromatic rings. The Balaban J connectivity index is 1.71. The lowest BCUT2D eigenvalue weighted by molar-refractivity contribution is 0.103. The normalized spacial score (nSPS) is 10.5. The van der Waals surface area contributed by atoms with Gasteiger partial charge in [0.1, 0.15) is 11.5 Å². The van der Waals surface area contributed by atoms with Crippen molar-refractivity contribution in [1.82, 2.24) is 15.0 Å². The van der Waals surface area contributed by atoms with Crippen LogP contribution >= 0.6 is 11.3 Å². The van der Waals surface area contributed by atoms with Crippen LogP contribution in [0.3, 0.4) is 0 Å². The van der Waals surface area contributed by atoms with Crippen LogP contribution in [0.2, 0.25) is 0 Å². The van der Waals surface area contributed by atoms with Gasteiger partial charge in [0.05, 0.1) is 17.7 Å². The monoisotopic (exact) mass is 477 g/mol. The van der Waals surface area contributed by atoms with Crippen molar-refractivity contribution in [2.75, 3.05) is 10.6 Å². The van der Waals surface area contributed by atoms with E-state index in [1.54, 1.807) is 48.0 Å². The first-order valence-corrected chi connectivity index (χ1v) is 11.4. The number of rotatable bonds is 7. The van der Waals surface area contributed by atoms with Gasteiger partial charge < -0.3 is 10.6 Å². The summed E-state index contributed by atoms with van der Waals surface area (Å²) in [7, 11) is 0. The summed E-state index contributed by atoms with van der Waals surface area (Å²) >= 11 is 1.24. The third kappa shape index (κ3) is 5.56. The molecule has 0 saturated heterocycles. The lowest BCUT2D eigenvalue weighted by Crippen LogP contribution is -2.10. The molecule has 0 aliphatic rings. The maximum Gasteiger partial charge on any atom is 0.240 e. The van der Waals surface area contributed by atoms with Crippen LogP contribution in [-0.4, -0.2) is 20.7 Å². The Morgan fingerprint density at radius 1 is 1.03 bits per heavy atom. The summed E-state index contributed by atoms with van der Waals surface area (Å²) in [5.74, 6) is 0.352. The SMILES string of the molecule is Cc1cc(/C=C/C#N)cc(C)c1Nc1cc(C(=O)c2nccs2)nc(Nc2ccc(C#N)cc2)n1. The fourth-order valence-corrected chi connectivity index (χ4v) is 4.02. The van der Waals surface area contributed by atoms with Crippen LogP contribution in [0.1, 0.15) is 37.7 Å². The molecule has 9 heteroatoms. The Kier molecular flexibility index (Phi) is 6.91. The van der Waals surface area contributed by atoms with Crippen molar-refractivity contribution in [3.8, 4) is 12.1 Å². The molecule has 0 spiro atoms. The number of allylic oxidation sites excluding steroid dienone is 1. The van der Waals surface area contributed by atoms with Gasteiger partial charge in [-0.1, -0.05) is 0 Å². The number of carbonyl (C=O) groups is 1. The largest absolute Gasteiger partial charge is 0.340 e. The molecule has 2 N–H and O–H groups in total. The average molecular weight is 478 g/mol. The first-order valence-electron chi connectivity index (χ1n) is 10.5. The van der Waals surface area contributed by atoms with Crippen molar-refractivity contribution in [3.05, 3.63) is 93.1 Å². The summed E-state index contributed by atoms with van der Waals surface area (Å²) in [6, 6.07) is 16.4. The Hall–Kier alpha value is -4.86. The number of aromatic nitrogens is 3. The van der Waals surface area contributed by atoms with Crippen LogP contribution in [0.5, 0.6) is 0 Å². The van der Waals surface area contributed by atoms with Gasteiger partial charge in [0.15, 0.2) is 5.01 Å². The molecule has 2 aromatic carbocycles. The minimum Gasteiger partial charge on any atom is -0.340 e. The van der Waals surface area contributed by atoms with E-state index in [2.05, 4.69) is 31.7 Å². The number of benzene rings is 2. The van der Waals surface area contributed by atoms with E-state index in [1.807, 2.05) is 32.0 Å². The summed E-state index contributed by atoms with van der Waals surface area (Å²) in [6.07, 6.45) is 4.76. The van der Waals surface area contributed by atoms with Crippen molar-refractivity contribution in [1.29, 1.82) is 10.5 Å². The van der Waals surface area contributed by atoms with Gasteiger partial charge in [-0.3, -0.25) is 4.79 Å². The van der Waals surface area contributed by atoms with Crippen molar-refractivity contribution in [2.24, 2.45) is 0 Å². The molecule has 2 aromatic heterocycles. The van der Waals surface area contributed by atoms with E-state index in [9.17, 15) is 4.79 Å². The molecule has 4 rings (SSSR count). The molecule has 0 atom stereocenters. The Labute approximate surface area is 206 Å². The summed E-state index contributed by atoms with van der Waals surface area (Å²) < 4.78 is 0. The highest BCUT2D eigenvalue weighted by Gasteiger charge is 2.17. The van der Waals surface area contributed by atoms with Crippen molar-refractivity contribution in [3.63, 3.8) is 0 Å². The highest BCUT2D eigenvalue weighted by Crippen LogP contribution is 2.27. The van der Waals surface area contributed by atoms with Gasteiger partial charge in [0.25, 0.3) is 0 Å². The maximum absolute atomic E-state index is 13.0. The third-order valence-electron chi connectivity index (χ3n) is 5.01. The lowest BCUT2D eigenvalue weighted by atomic mass is 10.0. The molecule has 0 aliphatic carbocycles. The van der Waals surface area contributed by atoms with Gasteiger partial charge in [0.2, 0.25) is 11.7 Å². The number of thiazole rings is 1. The lowest BCUT2D eigenvalue weighted by Gasteiger charge is -2.15. The molecule has 0 radical (unpaired) electrons. The fraction of sp³-hybridized carbons (Fsp3) is 0.0769. The van der Waals surface area contributed by atoms with Gasteiger partial charge in [0, 0.05) is 35.1 Å². The molecule has 8 nitrogen and oxygen atoms in total. The number of nitrogens with one attached hydrogen (secondary N) is 2. The number of nitrogens with zero attached hydrogens (tertiary/aromatic N) is 5. The number of hydrogen-bond acceptors (Lipinski definition) is 9. The number of hydrogen-bond donors (Lipinski definition) is 2. The number of nitriles is 2. The summed E-state index contributed by atoms with van der Waals surface area (Å²) in [4.78, 5) is 26.1. The van der Waals surface area contributed by atoms with Crippen LogP contribution < -0.4 is 10.6 Å². The second-order valence-corrected chi connectivity index (χ2v) is 8.45. The molecule has 35 heavy (non-hydrogen) atoms. The first-order chi connectivity index (χ1) is 17.0. The van der Waals surface area contributed by atoms with Crippen LogP contribution in [0, 0.1) is 36.5 Å². The van der Waals surface area contributed by atoms with Gasteiger partial charge in [-0.05, 0) is 73.0 Å². The van der Waals surface area contributed by atoms with Crippen molar-refractivity contribution >= 4 is 46.3 Å². The molecule has 170 valence electrons. The standard InChI is InChI=1S/C26H19N7OS/c1-16-12-19(4-3-9-27)13-17(2)23(16)32-22-14-21(24(34)25-29-10-11-35-25)31-26(33-22)30-20-7-5-18(15-28)6-8-20/h3-8,10-14H,1-2H3,(H2,30,31,32,33)/b4-3+. The Morgan fingerprint density at radius 3 is 2.40 bits per heavy atom. The van der Waals surface area contributed by atoms with Gasteiger partial charge in [-0.2, -0.15) is 15.5 Å². The maximum atomic E-state index is 13.0. The van der Waals surface area contributed by atoms with Gasteiger partial charge in [-0.15, -0.1) is 11.3 Å². The molecule has 0 bridgehead atoms. The molecule has 0 fully saturated rings. The second-order valence-electron chi connectivity index (χ2n) is 7.56. The van der Waals surface area contributed by atoms with Crippen LogP contribution in [0.4, 0.5) is 23.1 Å². The minimum atomic E-state index is -0.307. The van der Waals surface area contributed by atoms with Crippen molar-refractivity contribution in [2.45, 2.75) is 13.8 Å². The molecule has 0 amide bonds. The zero-order valence-corrected chi connectivity index (χ0v) is 19.7. The molecule has 0 unspecified atom stereocenters.